The first-order chi connectivity index (χ1) is 7.11. The monoisotopic (exact) mass is 216 g/mol. The number of ether oxygens (including phenoxy) is 1. The molecular weight excluding hydrogens is 196 g/mol. The molecule has 0 radical (unpaired) electrons. The van der Waals surface area contributed by atoms with E-state index in [1.165, 1.54) is 0 Å². The van der Waals surface area contributed by atoms with E-state index in [0.29, 0.717) is 13.2 Å². The van der Waals surface area contributed by atoms with Gasteiger partial charge in [-0.05, 0) is 20.3 Å². The van der Waals surface area contributed by atoms with Gasteiger partial charge in [0, 0.05) is 13.2 Å². The molecule has 15 heavy (non-hydrogen) atoms. The molecule has 0 fully saturated rings. The van der Waals surface area contributed by atoms with Crippen LogP contribution in [0.1, 0.15) is 27.2 Å². The molecule has 1 atom stereocenters. The highest BCUT2D eigenvalue weighted by Gasteiger charge is 2.14. The lowest BCUT2D eigenvalue weighted by Crippen LogP contribution is -2.46. The Hall–Kier alpha value is -1.10. The summed E-state index contributed by atoms with van der Waals surface area (Å²) in [6.45, 7) is 6.55. The van der Waals surface area contributed by atoms with Gasteiger partial charge in [-0.15, -0.1) is 0 Å². The second-order valence-electron chi connectivity index (χ2n) is 3.22. The van der Waals surface area contributed by atoms with Crippen LogP contribution in [0.4, 0.5) is 0 Å². The number of carbonyl (C=O) groups excluding carboxylic acids is 2. The van der Waals surface area contributed by atoms with E-state index in [1.807, 2.05) is 13.8 Å². The Labute approximate surface area is 90.6 Å². The van der Waals surface area contributed by atoms with Gasteiger partial charge in [-0.2, -0.15) is 0 Å². The lowest BCUT2D eigenvalue weighted by Gasteiger charge is -2.13. The van der Waals surface area contributed by atoms with Gasteiger partial charge in [-0.3, -0.25) is 9.59 Å². The van der Waals surface area contributed by atoms with Crippen LogP contribution in [-0.2, 0) is 14.3 Å². The van der Waals surface area contributed by atoms with Crippen LogP contribution in [0.5, 0.6) is 0 Å². The molecule has 5 heteroatoms. The Morgan fingerprint density at radius 1 is 1.33 bits per heavy atom. The minimum atomic E-state index is -0.510. The van der Waals surface area contributed by atoms with Gasteiger partial charge in [-0.25, -0.2) is 0 Å². The number of carbonyl (C=O) groups is 2. The Kier molecular flexibility index (Phi) is 7.62. The second-order valence-corrected chi connectivity index (χ2v) is 3.22. The van der Waals surface area contributed by atoms with Crippen LogP contribution < -0.4 is 10.6 Å². The predicted molar refractivity (Wildman–Crippen MR) is 57.4 cm³/mol. The first kappa shape index (κ1) is 13.9. The van der Waals surface area contributed by atoms with Gasteiger partial charge in [0.1, 0.15) is 12.6 Å². The minimum Gasteiger partial charge on any atom is -0.372 e. The fraction of sp³-hybridized carbons (Fsp3) is 0.800. The van der Waals surface area contributed by atoms with Crippen LogP contribution in [0.2, 0.25) is 0 Å². The molecule has 0 rings (SSSR count). The Balaban J connectivity index is 3.75. The maximum atomic E-state index is 11.3. The Bertz CT molecular complexity index is 207. The number of hydrogen-bond acceptors (Lipinski definition) is 3. The Morgan fingerprint density at radius 3 is 2.53 bits per heavy atom. The standard InChI is InChI=1S/C10H20N2O3/c1-4-6-11-10(14)8(3)12-9(13)7-15-5-2/h8H,4-7H2,1-3H3,(H,11,14)(H,12,13). The van der Waals surface area contributed by atoms with E-state index in [1.54, 1.807) is 6.92 Å². The van der Waals surface area contributed by atoms with Crippen molar-refractivity contribution in [3.8, 4) is 0 Å². The zero-order valence-electron chi connectivity index (χ0n) is 9.63. The third-order valence-corrected chi connectivity index (χ3v) is 1.76. The molecule has 88 valence electrons. The first-order valence-electron chi connectivity index (χ1n) is 5.26. The average molecular weight is 216 g/mol. The summed E-state index contributed by atoms with van der Waals surface area (Å²) in [7, 11) is 0. The highest BCUT2D eigenvalue weighted by atomic mass is 16.5. The van der Waals surface area contributed by atoms with E-state index >= 15 is 0 Å². The van der Waals surface area contributed by atoms with Crippen LogP contribution in [0.15, 0.2) is 0 Å². The van der Waals surface area contributed by atoms with Crippen LogP contribution in [0.25, 0.3) is 0 Å². The van der Waals surface area contributed by atoms with E-state index in [9.17, 15) is 9.59 Å². The largest absolute Gasteiger partial charge is 0.372 e. The third-order valence-electron chi connectivity index (χ3n) is 1.76. The van der Waals surface area contributed by atoms with Crippen molar-refractivity contribution in [2.24, 2.45) is 0 Å². The van der Waals surface area contributed by atoms with Crippen molar-refractivity contribution < 1.29 is 14.3 Å². The molecule has 2 N–H and O–H groups in total. The fourth-order valence-electron chi connectivity index (χ4n) is 0.945. The zero-order chi connectivity index (χ0) is 11.7. The number of nitrogens with one attached hydrogen (secondary N) is 2. The van der Waals surface area contributed by atoms with Gasteiger partial charge in [-0.1, -0.05) is 6.92 Å². The lowest BCUT2D eigenvalue weighted by atomic mass is 10.3. The molecule has 0 spiro atoms. The third kappa shape index (κ3) is 6.90. The molecule has 0 aromatic rings. The van der Waals surface area contributed by atoms with Crippen molar-refractivity contribution in [3.05, 3.63) is 0 Å². The van der Waals surface area contributed by atoms with Gasteiger partial charge >= 0.3 is 0 Å². The highest BCUT2D eigenvalue weighted by molar-refractivity contribution is 5.87. The van der Waals surface area contributed by atoms with Crippen molar-refractivity contribution in [3.63, 3.8) is 0 Å². The molecule has 0 heterocycles. The second kappa shape index (κ2) is 8.23. The molecule has 0 saturated heterocycles. The van der Waals surface area contributed by atoms with Crippen LogP contribution in [-0.4, -0.2) is 37.6 Å². The summed E-state index contributed by atoms with van der Waals surface area (Å²) in [6, 6.07) is -0.510. The van der Waals surface area contributed by atoms with Crippen LogP contribution >= 0.6 is 0 Å². The van der Waals surface area contributed by atoms with Gasteiger partial charge in [0.05, 0.1) is 0 Å². The Morgan fingerprint density at radius 2 is 2.00 bits per heavy atom. The smallest absolute Gasteiger partial charge is 0.246 e. The molecule has 2 amide bonds. The summed E-state index contributed by atoms with van der Waals surface area (Å²) in [5.74, 6) is -0.433. The molecule has 1 unspecified atom stereocenters. The van der Waals surface area contributed by atoms with Gasteiger partial charge < -0.3 is 15.4 Å². The maximum Gasteiger partial charge on any atom is 0.246 e. The van der Waals surface area contributed by atoms with Crippen molar-refractivity contribution in [1.82, 2.24) is 10.6 Å². The molecule has 0 bridgehead atoms. The molecular formula is C10H20N2O3. The van der Waals surface area contributed by atoms with Crippen molar-refractivity contribution in [2.45, 2.75) is 33.2 Å². The van der Waals surface area contributed by atoms with Crippen molar-refractivity contribution in [1.29, 1.82) is 0 Å². The molecule has 0 aliphatic carbocycles. The molecule has 0 aliphatic heterocycles. The number of rotatable bonds is 7. The number of hydrogen-bond donors (Lipinski definition) is 2. The van der Waals surface area contributed by atoms with E-state index in [0.717, 1.165) is 6.42 Å². The fourth-order valence-corrected chi connectivity index (χ4v) is 0.945. The minimum absolute atomic E-state index is 0.00188. The lowest BCUT2D eigenvalue weighted by molar-refractivity contribution is -0.131. The average Bonchev–Trinajstić information content (AvgIpc) is 2.22. The van der Waals surface area contributed by atoms with E-state index in [4.69, 9.17) is 4.74 Å². The van der Waals surface area contributed by atoms with Crippen molar-refractivity contribution in [2.75, 3.05) is 19.8 Å². The van der Waals surface area contributed by atoms with E-state index < -0.39 is 6.04 Å². The molecule has 0 aromatic heterocycles. The molecule has 0 aliphatic rings. The summed E-state index contributed by atoms with van der Waals surface area (Å²) in [6.07, 6.45) is 0.880. The van der Waals surface area contributed by atoms with Crippen molar-refractivity contribution >= 4 is 11.8 Å². The zero-order valence-corrected chi connectivity index (χ0v) is 9.63. The predicted octanol–water partition coefficient (Wildman–Crippen LogP) is 0.0538. The maximum absolute atomic E-state index is 11.3. The van der Waals surface area contributed by atoms with E-state index in [-0.39, 0.29) is 18.4 Å². The van der Waals surface area contributed by atoms with Gasteiger partial charge in [0.2, 0.25) is 11.8 Å². The summed E-state index contributed by atoms with van der Waals surface area (Å²) < 4.78 is 4.91. The van der Waals surface area contributed by atoms with E-state index in [2.05, 4.69) is 10.6 Å². The first-order valence-corrected chi connectivity index (χ1v) is 5.26. The summed E-state index contributed by atoms with van der Waals surface area (Å²) >= 11 is 0. The molecule has 0 aromatic carbocycles. The normalized spacial score (nSPS) is 11.9. The molecule has 0 saturated carbocycles. The number of amides is 2. The quantitative estimate of drug-likeness (QED) is 0.632. The van der Waals surface area contributed by atoms with Gasteiger partial charge in [0.25, 0.3) is 0 Å². The highest BCUT2D eigenvalue weighted by Crippen LogP contribution is 1.84. The summed E-state index contributed by atoms with van der Waals surface area (Å²) in [4.78, 5) is 22.5. The topological polar surface area (TPSA) is 67.4 Å². The van der Waals surface area contributed by atoms with Crippen LogP contribution in [0, 0.1) is 0 Å². The van der Waals surface area contributed by atoms with Crippen LogP contribution in [0.3, 0.4) is 0 Å². The summed E-state index contributed by atoms with van der Waals surface area (Å²) in [5, 5.41) is 5.25. The summed E-state index contributed by atoms with van der Waals surface area (Å²) in [5.41, 5.74) is 0. The molecule has 5 nitrogen and oxygen atoms in total. The van der Waals surface area contributed by atoms with Gasteiger partial charge in [0.15, 0.2) is 0 Å². The SMILES string of the molecule is CCCNC(=O)C(C)NC(=O)COCC.